The van der Waals surface area contributed by atoms with Gasteiger partial charge in [-0.2, -0.15) is 0 Å². The van der Waals surface area contributed by atoms with Crippen LogP contribution in [0.3, 0.4) is 0 Å². The van der Waals surface area contributed by atoms with Crippen LogP contribution in [0.25, 0.3) is 11.0 Å². The third-order valence-corrected chi connectivity index (χ3v) is 6.17. The first-order valence-corrected chi connectivity index (χ1v) is 10.6. The van der Waals surface area contributed by atoms with Gasteiger partial charge >= 0.3 is 0 Å². The number of ether oxygens (including phenoxy) is 2. The number of rotatable bonds is 6. The Morgan fingerprint density at radius 2 is 1.91 bits per heavy atom. The fourth-order valence-corrected chi connectivity index (χ4v) is 4.29. The van der Waals surface area contributed by atoms with Gasteiger partial charge in [-0.15, -0.1) is 0 Å². The molecule has 32 heavy (non-hydrogen) atoms. The minimum Gasteiger partial charge on any atom is -0.493 e. The molecule has 1 aliphatic rings. The summed E-state index contributed by atoms with van der Waals surface area (Å²) in [6.45, 7) is 2.84. The van der Waals surface area contributed by atoms with Crippen molar-refractivity contribution in [1.29, 1.82) is 0 Å². The number of aryl methyl sites for hydroxylation is 1. The molecule has 4 rings (SSSR count). The largest absolute Gasteiger partial charge is 0.493 e. The molecule has 8 heteroatoms. The summed E-state index contributed by atoms with van der Waals surface area (Å²) in [7, 11) is 6.94. The van der Waals surface area contributed by atoms with E-state index in [4.69, 9.17) is 25.5 Å². The van der Waals surface area contributed by atoms with Gasteiger partial charge in [-0.25, -0.2) is 0 Å². The Morgan fingerprint density at radius 1 is 1.16 bits per heavy atom. The quantitative estimate of drug-likeness (QED) is 0.560. The zero-order valence-corrected chi connectivity index (χ0v) is 19.4. The van der Waals surface area contributed by atoms with E-state index in [1.54, 1.807) is 30.2 Å². The Balaban J connectivity index is 2.01. The van der Waals surface area contributed by atoms with Gasteiger partial charge in [-0.05, 0) is 44.8 Å². The number of methoxy groups -OCH3 is 2. The number of carbonyl (C=O) groups excluding carboxylic acids is 1. The van der Waals surface area contributed by atoms with Crippen LogP contribution < -0.4 is 14.9 Å². The summed E-state index contributed by atoms with van der Waals surface area (Å²) in [4.78, 5) is 30.8. The Bertz CT molecular complexity index is 1270. The van der Waals surface area contributed by atoms with Gasteiger partial charge in [0.2, 0.25) is 5.76 Å². The number of nitrogens with zero attached hydrogens (tertiary/aromatic N) is 2. The molecule has 2 aromatic carbocycles. The van der Waals surface area contributed by atoms with E-state index in [1.807, 2.05) is 38.1 Å². The first-order chi connectivity index (χ1) is 15.3. The number of benzene rings is 2. The molecular formula is C24H25ClN2O5. The lowest BCUT2D eigenvalue weighted by Crippen LogP contribution is -2.35. The maximum absolute atomic E-state index is 13.7. The zero-order chi connectivity index (χ0) is 23.2. The number of fused-ring (bicyclic) bond motifs is 2. The van der Waals surface area contributed by atoms with Gasteiger partial charge in [0.15, 0.2) is 16.9 Å². The molecule has 1 atom stereocenters. The van der Waals surface area contributed by atoms with Crippen LogP contribution in [0.5, 0.6) is 11.5 Å². The number of carbonyl (C=O) groups is 1. The first-order valence-electron chi connectivity index (χ1n) is 10.2. The number of hydrogen-bond acceptors (Lipinski definition) is 6. The summed E-state index contributed by atoms with van der Waals surface area (Å²) >= 11 is 6.29. The van der Waals surface area contributed by atoms with Crippen LogP contribution in [0.1, 0.15) is 33.3 Å². The highest BCUT2D eigenvalue weighted by molar-refractivity contribution is 6.32. The SMILES string of the molecule is COc1cccc(C2c3c(oc4cc(C)c(Cl)cc4c3=O)C(=O)N2CCN(C)C)c1OC. The van der Waals surface area contributed by atoms with Gasteiger partial charge in [0, 0.05) is 23.7 Å². The number of amides is 1. The van der Waals surface area contributed by atoms with E-state index in [1.165, 1.54) is 7.11 Å². The van der Waals surface area contributed by atoms with E-state index >= 15 is 0 Å². The highest BCUT2D eigenvalue weighted by Gasteiger charge is 2.44. The topological polar surface area (TPSA) is 72.2 Å². The van der Waals surface area contributed by atoms with Gasteiger partial charge in [0.05, 0.1) is 31.2 Å². The van der Waals surface area contributed by atoms with Gasteiger partial charge < -0.3 is 23.7 Å². The predicted octanol–water partition coefficient (Wildman–Crippen LogP) is 3.88. The summed E-state index contributed by atoms with van der Waals surface area (Å²) in [6.07, 6.45) is 0. The van der Waals surface area contributed by atoms with E-state index in [0.717, 1.165) is 5.56 Å². The zero-order valence-electron chi connectivity index (χ0n) is 18.7. The van der Waals surface area contributed by atoms with Crippen LogP contribution in [0.15, 0.2) is 39.5 Å². The molecule has 0 N–H and O–H groups in total. The molecule has 1 amide bonds. The molecule has 0 aliphatic carbocycles. The van der Waals surface area contributed by atoms with Crippen molar-refractivity contribution < 1.29 is 18.7 Å². The maximum atomic E-state index is 13.7. The van der Waals surface area contributed by atoms with E-state index in [-0.39, 0.29) is 22.7 Å². The molecule has 1 aliphatic heterocycles. The van der Waals surface area contributed by atoms with E-state index in [0.29, 0.717) is 46.1 Å². The van der Waals surface area contributed by atoms with Crippen molar-refractivity contribution in [1.82, 2.24) is 9.80 Å². The van der Waals surface area contributed by atoms with E-state index < -0.39 is 6.04 Å². The Morgan fingerprint density at radius 3 is 2.56 bits per heavy atom. The van der Waals surface area contributed by atoms with Gasteiger partial charge in [-0.1, -0.05) is 23.7 Å². The summed E-state index contributed by atoms with van der Waals surface area (Å²) in [5.41, 5.74) is 1.77. The highest BCUT2D eigenvalue weighted by atomic mass is 35.5. The van der Waals surface area contributed by atoms with Crippen molar-refractivity contribution in [2.45, 2.75) is 13.0 Å². The summed E-state index contributed by atoms with van der Waals surface area (Å²) < 4.78 is 17.1. The highest BCUT2D eigenvalue weighted by Crippen LogP contribution is 2.44. The molecule has 0 saturated heterocycles. The molecule has 168 valence electrons. The van der Waals surface area contributed by atoms with Gasteiger partial charge in [0.1, 0.15) is 5.58 Å². The average molecular weight is 457 g/mol. The molecule has 7 nitrogen and oxygen atoms in total. The number of halogens is 1. The normalized spacial score (nSPS) is 15.5. The standard InChI is InChI=1S/C24H25ClN2O5/c1-13-11-18-15(12-16(13)25)21(28)19-20(14-7-6-8-17(30-4)22(14)31-5)27(10-9-26(2)3)24(29)23(19)32-18/h6-8,11-12,20H,9-10H2,1-5H3. The van der Waals surface area contributed by atoms with Crippen molar-refractivity contribution in [3.05, 3.63) is 68.0 Å². The second-order valence-electron chi connectivity index (χ2n) is 8.06. The molecule has 3 aromatic rings. The fourth-order valence-electron chi connectivity index (χ4n) is 4.13. The third kappa shape index (κ3) is 3.51. The smallest absolute Gasteiger partial charge is 0.290 e. The average Bonchev–Trinajstić information content (AvgIpc) is 3.04. The molecule has 2 heterocycles. The molecule has 1 unspecified atom stereocenters. The van der Waals surface area contributed by atoms with Crippen LogP contribution in [-0.2, 0) is 0 Å². The number of para-hydroxylation sites is 1. The molecule has 1 aromatic heterocycles. The molecule has 0 bridgehead atoms. The van der Waals surface area contributed by atoms with Crippen molar-refractivity contribution in [2.75, 3.05) is 41.4 Å². The van der Waals surface area contributed by atoms with Crippen molar-refractivity contribution in [2.24, 2.45) is 0 Å². The van der Waals surface area contributed by atoms with Crippen LogP contribution in [0.4, 0.5) is 0 Å². The third-order valence-electron chi connectivity index (χ3n) is 5.76. The second-order valence-corrected chi connectivity index (χ2v) is 8.47. The van der Waals surface area contributed by atoms with Crippen molar-refractivity contribution >= 4 is 28.5 Å². The molecule has 0 fully saturated rings. The number of likely N-dealkylation sites (N-methyl/N-ethyl adjacent to an activating group) is 1. The number of hydrogen-bond donors (Lipinski definition) is 0. The Hall–Kier alpha value is -3.03. The molecular weight excluding hydrogens is 432 g/mol. The minimum absolute atomic E-state index is 0.0536. The summed E-state index contributed by atoms with van der Waals surface area (Å²) in [5, 5.41) is 0.808. The Labute approximate surface area is 191 Å². The van der Waals surface area contributed by atoms with Crippen LogP contribution >= 0.6 is 11.6 Å². The summed E-state index contributed by atoms with van der Waals surface area (Å²) in [6, 6.07) is 8.04. The monoisotopic (exact) mass is 456 g/mol. The molecule has 0 spiro atoms. The lowest BCUT2D eigenvalue weighted by molar-refractivity contribution is 0.0715. The van der Waals surface area contributed by atoms with E-state index in [2.05, 4.69) is 0 Å². The van der Waals surface area contributed by atoms with Crippen LogP contribution in [0, 0.1) is 6.92 Å². The minimum atomic E-state index is -0.678. The first kappa shape index (κ1) is 22.2. The fraction of sp³-hybridized carbons (Fsp3) is 0.333. The molecule has 0 saturated carbocycles. The van der Waals surface area contributed by atoms with E-state index in [9.17, 15) is 9.59 Å². The van der Waals surface area contributed by atoms with Gasteiger partial charge in [-0.3, -0.25) is 9.59 Å². The lowest BCUT2D eigenvalue weighted by Gasteiger charge is -2.28. The maximum Gasteiger partial charge on any atom is 0.290 e. The van der Waals surface area contributed by atoms with Crippen molar-refractivity contribution in [3.63, 3.8) is 0 Å². The van der Waals surface area contributed by atoms with Gasteiger partial charge in [0.25, 0.3) is 5.91 Å². The Kier molecular flexibility index (Phi) is 5.88. The van der Waals surface area contributed by atoms with Crippen molar-refractivity contribution in [3.8, 4) is 11.5 Å². The predicted molar refractivity (Wildman–Crippen MR) is 123 cm³/mol. The second kappa shape index (κ2) is 8.48. The summed E-state index contributed by atoms with van der Waals surface area (Å²) in [5.74, 6) is 0.709. The molecule has 0 radical (unpaired) electrons. The lowest BCUT2D eigenvalue weighted by atomic mass is 9.97. The van der Waals surface area contributed by atoms with Crippen LogP contribution in [-0.4, -0.2) is 57.1 Å². The van der Waals surface area contributed by atoms with Crippen LogP contribution in [0.2, 0.25) is 5.02 Å².